The SMILES string of the molecule is CCc1ncc(Cc2cc(=O)[nH]nc2-c2cnc(OCC(C)C)nc2)s1. The first-order chi connectivity index (χ1) is 12.5. The van der Waals surface area contributed by atoms with Gasteiger partial charge in [0.2, 0.25) is 0 Å². The number of ether oxygens (including phenoxy) is 1. The summed E-state index contributed by atoms with van der Waals surface area (Å²) in [6.07, 6.45) is 6.67. The predicted molar refractivity (Wildman–Crippen MR) is 101 cm³/mol. The van der Waals surface area contributed by atoms with E-state index in [2.05, 4.69) is 45.9 Å². The van der Waals surface area contributed by atoms with Crippen molar-refractivity contribution < 1.29 is 4.74 Å². The molecule has 0 saturated heterocycles. The van der Waals surface area contributed by atoms with E-state index in [1.54, 1.807) is 29.8 Å². The minimum absolute atomic E-state index is 0.234. The van der Waals surface area contributed by atoms with E-state index in [1.807, 2.05) is 6.20 Å². The average Bonchev–Trinajstić information content (AvgIpc) is 3.08. The van der Waals surface area contributed by atoms with Gasteiger partial charge in [0.25, 0.3) is 5.56 Å². The van der Waals surface area contributed by atoms with Gasteiger partial charge in [-0.25, -0.2) is 20.1 Å². The highest BCUT2D eigenvalue weighted by Gasteiger charge is 2.12. The topological polar surface area (TPSA) is 93.7 Å². The van der Waals surface area contributed by atoms with Gasteiger partial charge >= 0.3 is 6.01 Å². The van der Waals surface area contributed by atoms with Gasteiger partial charge in [-0.1, -0.05) is 20.8 Å². The highest BCUT2D eigenvalue weighted by atomic mass is 32.1. The van der Waals surface area contributed by atoms with Gasteiger partial charge in [-0.05, 0) is 17.9 Å². The summed E-state index contributed by atoms with van der Waals surface area (Å²) in [4.78, 5) is 25.7. The molecule has 0 spiro atoms. The van der Waals surface area contributed by atoms with Crippen molar-refractivity contribution in [3.05, 3.63) is 50.5 Å². The van der Waals surface area contributed by atoms with Crippen molar-refractivity contribution in [2.75, 3.05) is 6.61 Å². The summed E-state index contributed by atoms with van der Waals surface area (Å²) in [5, 5.41) is 7.77. The summed E-state index contributed by atoms with van der Waals surface area (Å²) in [5.41, 5.74) is 1.97. The third kappa shape index (κ3) is 4.51. The molecule has 0 atom stereocenters. The van der Waals surface area contributed by atoms with E-state index in [9.17, 15) is 4.79 Å². The van der Waals surface area contributed by atoms with Crippen LogP contribution in [0.1, 0.15) is 36.2 Å². The number of aromatic amines is 1. The molecule has 0 aromatic carbocycles. The van der Waals surface area contributed by atoms with Crippen molar-refractivity contribution in [3.63, 3.8) is 0 Å². The van der Waals surface area contributed by atoms with E-state index in [-0.39, 0.29) is 5.56 Å². The second-order valence-electron chi connectivity index (χ2n) is 6.32. The number of nitrogens with one attached hydrogen (secondary N) is 1. The first kappa shape index (κ1) is 18.2. The van der Waals surface area contributed by atoms with Crippen molar-refractivity contribution >= 4 is 11.3 Å². The maximum absolute atomic E-state index is 11.7. The molecule has 7 nitrogen and oxygen atoms in total. The lowest BCUT2D eigenvalue weighted by Gasteiger charge is -2.08. The molecule has 3 heterocycles. The third-order valence-corrected chi connectivity index (χ3v) is 4.74. The quantitative estimate of drug-likeness (QED) is 0.686. The van der Waals surface area contributed by atoms with Crippen molar-refractivity contribution in [3.8, 4) is 17.3 Å². The first-order valence-electron chi connectivity index (χ1n) is 8.52. The lowest BCUT2D eigenvalue weighted by Crippen LogP contribution is -2.11. The van der Waals surface area contributed by atoms with E-state index in [1.165, 1.54) is 0 Å². The Morgan fingerprint density at radius 2 is 1.96 bits per heavy atom. The van der Waals surface area contributed by atoms with Crippen LogP contribution in [0.2, 0.25) is 0 Å². The molecule has 1 N–H and O–H groups in total. The highest BCUT2D eigenvalue weighted by molar-refractivity contribution is 7.11. The summed E-state index contributed by atoms with van der Waals surface area (Å²) >= 11 is 1.65. The summed E-state index contributed by atoms with van der Waals surface area (Å²) in [7, 11) is 0. The zero-order valence-electron chi connectivity index (χ0n) is 15.0. The Labute approximate surface area is 155 Å². The van der Waals surface area contributed by atoms with Crippen LogP contribution < -0.4 is 10.3 Å². The second kappa shape index (κ2) is 8.18. The molecule has 0 fully saturated rings. The van der Waals surface area contributed by atoms with Crippen LogP contribution in [0, 0.1) is 5.92 Å². The summed E-state index contributed by atoms with van der Waals surface area (Å²) < 4.78 is 5.51. The molecule has 8 heteroatoms. The van der Waals surface area contributed by atoms with Gasteiger partial charge in [-0.15, -0.1) is 11.3 Å². The molecule has 0 amide bonds. The summed E-state index contributed by atoms with van der Waals surface area (Å²) in [6, 6.07) is 1.90. The van der Waals surface area contributed by atoms with E-state index in [0.717, 1.165) is 27.4 Å². The molecule has 0 aliphatic heterocycles. The standard InChI is InChI=1S/C18H21N5O2S/c1-4-16-19-9-14(26-16)5-12-6-15(24)22-23-17(12)13-7-20-18(21-8-13)25-10-11(2)3/h6-9,11H,4-5,10H2,1-3H3,(H,22,24). The van der Waals surface area contributed by atoms with Crippen molar-refractivity contribution in [1.29, 1.82) is 0 Å². The molecule has 0 saturated carbocycles. The Kier molecular flexibility index (Phi) is 5.72. The number of aromatic nitrogens is 5. The van der Waals surface area contributed by atoms with Crippen LogP contribution in [0.15, 0.2) is 29.5 Å². The molecular formula is C18H21N5O2S. The number of rotatable bonds is 7. The molecule has 0 bridgehead atoms. The molecule has 0 aliphatic carbocycles. The molecule has 3 aromatic rings. The van der Waals surface area contributed by atoms with E-state index < -0.39 is 0 Å². The molecule has 0 unspecified atom stereocenters. The van der Waals surface area contributed by atoms with Gasteiger partial charge in [-0.3, -0.25) is 4.79 Å². The molecule has 26 heavy (non-hydrogen) atoms. The van der Waals surface area contributed by atoms with Gasteiger partial charge in [0, 0.05) is 41.5 Å². The Morgan fingerprint density at radius 1 is 1.19 bits per heavy atom. The lowest BCUT2D eigenvalue weighted by atomic mass is 10.1. The number of aryl methyl sites for hydroxylation is 1. The zero-order valence-corrected chi connectivity index (χ0v) is 15.8. The maximum atomic E-state index is 11.7. The Bertz CT molecular complexity index is 918. The zero-order chi connectivity index (χ0) is 18.5. The Hall–Kier alpha value is -2.61. The molecule has 0 aliphatic rings. The van der Waals surface area contributed by atoms with Gasteiger partial charge < -0.3 is 4.74 Å². The number of H-pyrrole nitrogens is 1. The van der Waals surface area contributed by atoms with E-state index in [0.29, 0.717) is 30.7 Å². The van der Waals surface area contributed by atoms with E-state index in [4.69, 9.17) is 4.74 Å². The fourth-order valence-electron chi connectivity index (χ4n) is 2.36. The van der Waals surface area contributed by atoms with Crippen molar-refractivity contribution in [1.82, 2.24) is 25.1 Å². The first-order valence-corrected chi connectivity index (χ1v) is 9.34. The van der Waals surface area contributed by atoms with Gasteiger partial charge in [0.1, 0.15) is 0 Å². The number of thiazole rings is 1. The van der Waals surface area contributed by atoms with Crippen LogP contribution in [0.5, 0.6) is 6.01 Å². The van der Waals surface area contributed by atoms with Crippen LogP contribution in [0.3, 0.4) is 0 Å². The van der Waals surface area contributed by atoms with Crippen LogP contribution in [-0.2, 0) is 12.8 Å². The third-order valence-electron chi connectivity index (χ3n) is 3.60. The monoisotopic (exact) mass is 371 g/mol. The summed E-state index contributed by atoms with van der Waals surface area (Å²) in [6.45, 7) is 6.76. The molecule has 136 valence electrons. The molecular weight excluding hydrogens is 350 g/mol. The Morgan fingerprint density at radius 3 is 2.62 bits per heavy atom. The number of hydrogen-bond donors (Lipinski definition) is 1. The van der Waals surface area contributed by atoms with Crippen LogP contribution >= 0.6 is 11.3 Å². The second-order valence-corrected chi connectivity index (χ2v) is 7.52. The minimum Gasteiger partial charge on any atom is -0.463 e. The molecule has 3 rings (SSSR count). The van der Waals surface area contributed by atoms with Gasteiger partial charge in [0.15, 0.2) is 0 Å². The van der Waals surface area contributed by atoms with Crippen molar-refractivity contribution in [2.24, 2.45) is 5.92 Å². The van der Waals surface area contributed by atoms with Gasteiger partial charge in [0.05, 0.1) is 17.3 Å². The van der Waals surface area contributed by atoms with Crippen LogP contribution in [-0.4, -0.2) is 31.8 Å². The number of nitrogens with zero attached hydrogens (tertiary/aromatic N) is 4. The van der Waals surface area contributed by atoms with Crippen LogP contribution in [0.25, 0.3) is 11.3 Å². The normalized spacial score (nSPS) is 11.1. The smallest absolute Gasteiger partial charge is 0.316 e. The Balaban J connectivity index is 1.86. The van der Waals surface area contributed by atoms with E-state index >= 15 is 0 Å². The predicted octanol–water partition coefficient (Wildman–Crippen LogP) is 2.87. The summed E-state index contributed by atoms with van der Waals surface area (Å²) in [5.74, 6) is 0.401. The molecule has 3 aromatic heterocycles. The average molecular weight is 371 g/mol. The maximum Gasteiger partial charge on any atom is 0.316 e. The highest BCUT2D eigenvalue weighted by Crippen LogP contribution is 2.24. The number of hydrogen-bond acceptors (Lipinski definition) is 7. The molecule has 0 radical (unpaired) electrons. The van der Waals surface area contributed by atoms with Crippen LogP contribution in [0.4, 0.5) is 0 Å². The fraction of sp³-hybridized carbons (Fsp3) is 0.389. The fourth-order valence-corrected chi connectivity index (χ4v) is 3.25. The van der Waals surface area contributed by atoms with Gasteiger partial charge in [-0.2, -0.15) is 5.10 Å². The van der Waals surface area contributed by atoms with Crippen molar-refractivity contribution in [2.45, 2.75) is 33.6 Å². The largest absolute Gasteiger partial charge is 0.463 e. The minimum atomic E-state index is -0.234. The lowest BCUT2D eigenvalue weighted by molar-refractivity contribution is 0.251.